The Hall–Kier alpha value is -2.95. The number of aryl methyl sites for hydroxylation is 1. The Labute approximate surface area is 148 Å². The lowest BCUT2D eigenvalue weighted by Crippen LogP contribution is -2.21. The normalized spacial score (nSPS) is 11.2. The lowest BCUT2D eigenvalue weighted by molar-refractivity contribution is 0.865. The maximum Gasteiger partial charge on any atom is 0.196 e. The summed E-state index contributed by atoms with van der Waals surface area (Å²) >= 11 is 0. The molecule has 25 heavy (non-hydrogen) atoms. The van der Waals surface area contributed by atoms with Crippen LogP contribution in [0.15, 0.2) is 64.8 Å². The van der Waals surface area contributed by atoms with E-state index >= 15 is 0 Å². The predicted octanol–water partition coefficient (Wildman–Crippen LogP) is 5.65. The fraction of sp³-hybridized carbons (Fsp3) is 0.250. The quantitative estimate of drug-likeness (QED) is 0.593. The highest BCUT2D eigenvalue weighted by atomic mass is 15.2. The molecule has 0 fully saturated rings. The Morgan fingerprint density at radius 3 is 2.40 bits per heavy atom. The number of H-pyrrole nitrogens is 1. The van der Waals surface area contributed by atoms with Crippen LogP contribution in [0.25, 0.3) is 11.3 Å². The standard InChI is InChI=1S/C20H23N5/c1-4-25(5-2)17-11-12-18(15(3)13-17)21-23-20-14-19(22-24-20)16-9-7-6-8-10-16/h6-14H,4-5H2,1-3H3,(H,22,24). The number of benzene rings is 2. The molecule has 0 saturated heterocycles. The summed E-state index contributed by atoms with van der Waals surface area (Å²) in [5, 5.41) is 15.8. The number of rotatable bonds is 6. The first kappa shape index (κ1) is 16.9. The van der Waals surface area contributed by atoms with Gasteiger partial charge in [0.25, 0.3) is 0 Å². The molecule has 1 N–H and O–H groups in total. The molecule has 5 nitrogen and oxygen atoms in total. The van der Waals surface area contributed by atoms with Crippen molar-refractivity contribution in [2.75, 3.05) is 18.0 Å². The SMILES string of the molecule is CCN(CC)c1ccc(N=Nc2cc(-c3ccccc3)[nH]n2)c(C)c1. The molecule has 0 spiro atoms. The summed E-state index contributed by atoms with van der Waals surface area (Å²) in [5.74, 6) is 0.575. The largest absolute Gasteiger partial charge is 0.372 e. The van der Waals surface area contributed by atoms with E-state index in [1.807, 2.05) is 42.5 Å². The maximum atomic E-state index is 4.36. The van der Waals surface area contributed by atoms with Crippen LogP contribution in [0.3, 0.4) is 0 Å². The van der Waals surface area contributed by atoms with Crippen LogP contribution in [0.5, 0.6) is 0 Å². The fourth-order valence-electron chi connectivity index (χ4n) is 2.77. The monoisotopic (exact) mass is 333 g/mol. The molecular weight excluding hydrogens is 310 g/mol. The molecule has 0 saturated carbocycles. The molecule has 128 valence electrons. The second kappa shape index (κ2) is 7.75. The van der Waals surface area contributed by atoms with Crippen LogP contribution in [-0.2, 0) is 0 Å². The van der Waals surface area contributed by atoms with Gasteiger partial charge in [0.2, 0.25) is 0 Å². The van der Waals surface area contributed by atoms with Crippen molar-refractivity contribution >= 4 is 17.2 Å². The van der Waals surface area contributed by atoms with Gasteiger partial charge in [-0.15, -0.1) is 10.2 Å². The van der Waals surface area contributed by atoms with Crippen molar-refractivity contribution in [1.29, 1.82) is 0 Å². The topological polar surface area (TPSA) is 56.6 Å². The molecule has 2 aromatic carbocycles. The zero-order valence-electron chi connectivity index (χ0n) is 14.9. The summed E-state index contributed by atoms with van der Waals surface area (Å²) in [6, 6.07) is 18.2. The number of hydrogen-bond acceptors (Lipinski definition) is 4. The molecule has 0 atom stereocenters. The number of aromatic amines is 1. The van der Waals surface area contributed by atoms with Gasteiger partial charge in [0.1, 0.15) is 0 Å². The van der Waals surface area contributed by atoms with Gasteiger partial charge in [-0.05, 0) is 50.1 Å². The van der Waals surface area contributed by atoms with Crippen LogP contribution >= 0.6 is 0 Å². The molecule has 0 aliphatic rings. The first-order valence-corrected chi connectivity index (χ1v) is 8.59. The van der Waals surface area contributed by atoms with Gasteiger partial charge in [0.15, 0.2) is 5.82 Å². The van der Waals surface area contributed by atoms with Crippen LogP contribution in [0.4, 0.5) is 17.2 Å². The van der Waals surface area contributed by atoms with Gasteiger partial charge in [-0.3, -0.25) is 5.10 Å². The van der Waals surface area contributed by atoms with E-state index < -0.39 is 0 Å². The first-order chi connectivity index (χ1) is 12.2. The third kappa shape index (κ3) is 3.94. The van der Waals surface area contributed by atoms with E-state index in [4.69, 9.17) is 0 Å². The Morgan fingerprint density at radius 2 is 1.72 bits per heavy atom. The fourth-order valence-corrected chi connectivity index (χ4v) is 2.77. The number of azo groups is 1. The zero-order valence-corrected chi connectivity index (χ0v) is 14.9. The van der Waals surface area contributed by atoms with E-state index in [0.29, 0.717) is 5.82 Å². The number of aromatic nitrogens is 2. The minimum atomic E-state index is 0.575. The maximum absolute atomic E-state index is 4.36. The van der Waals surface area contributed by atoms with Gasteiger partial charge < -0.3 is 4.90 Å². The van der Waals surface area contributed by atoms with E-state index in [0.717, 1.165) is 35.6 Å². The van der Waals surface area contributed by atoms with Crippen molar-refractivity contribution < 1.29 is 0 Å². The van der Waals surface area contributed by atoms with Crippen LogP contribution < -0.4 is 4.90 Å². The van der Waals surface area contributed by atoms with Crippen molar-refractivity contribution in [3.63, 3.8) is 0 Å². The average Bonchev–Trinajstić information content (AvgIpc) is 3.12. The Morgan fingerprint density at radius 1 is 0.960 bits per heavy atom. The van der Waals surface area contributed by atoms with Crippen molar-refractivity contribution in [2.45, 2.75) is 20.8 Å². The van der Waals surface area contributed by atoms with Gasteiger partial charge in [-0.2, -0.15) is 5.10 Å². The number of nitrogens with zero attached hydrogens (tertiary/aromatic N) is 4. The average molecular weight is 333 g/mol. The number of hydrogen-bond donors (Lipinski definition) is 1. The lowest BCUT2D eigenvalue weighted by Gasteiger charge is -2.21. The summed E-state index contributed by atoms with van der Waals surface area (Å²) in [6.07, 6.45) is 0. The highest BCUT2D eigenvalue weighted by molar-refractivity contribution is 5.61. The van der Waals surface area contributed by atoms with Gasteiger partial charge >= 0.3 is 0 Å². The summed E-state index contributed by atoms with van der Waals surface area (Å²) in [5.41, 5.74) is 5.19. The molecular formula is C20H23N5. The molecule has 0 unspecified atom stereocenters. The summed E-state index contributed by atoms with van der Waals surface area (Å²) in [4.78, 5) is 2.31. The minimum Gasteiger partial charge on any atom is -0.372 e. The Kier molecular flexibility index (Phi) is 5.23. The third-order valence-electron chi connectivity index (χ3n) is 4.22. The molecule has 1 aromatic heterocycles. The highest BCUT2D eigenvalue weighted by Crippen LogP contribution is 2.27. The smallest absolute Gasteiger partial charge is 0.196 e. The summed E-state index contributed by atoms with van der Waals surface area (Å²) < 4.78 is 0. The minimum absolute atomic E-state index is 0.575. The third-order valence-corrected chi connectivity index (χ3v) is 4.22. The highest BCUT2D eigenvalue weighted by Gasteiger charge is 2.06. The van der Waals surface area contributed by atoms with Crippen LogP contribution in [0.1, 0.15) is 19.4 Å². The van der Waals surface area contributed by atoms with Crippen molar-refractivity contribution in [3.8, 4) is 11.3 Å². The van der Waals surface area contributed by atoms with Gasteiger partial charge in [-0.25, -0.2) is 0 Å². The van der Waals surface area contributed by atoms with Crippen LogP contribution in [0.2, 0.25) is 0 Å². The summed E-state index contributed by atoms with van der Waals surface area (Å²) in [6.45, 7) is 8.36. The first-order valence-electron chi connectivity index (χ1n) is 8.59. The van der Waals surface area contributed by atoms with E-state index in [1.54, 1.807) is 0 Å². The van der Waals surface area contributed by atoms with Crippen molar-refractivity contribution in [2.24, 2.45) is 10.2 Å². The van der Waals surface area contributed by atoms with Crippen LogP contribution in [-0.4, -0.2) is 23.3 Å². The molecule has 0 aliphatic carbocycles. The van der Waals surface area contributed by atoms with Gasteiger partial charge in [0.05, 0.1) is 11.4 Å². The Bertz CT molecular complexity index is 848. The molecule has 0 radical (unpaired) electrons. The molecule has 0 bridgehead atoms. The number of anilines is 1. The second-order valence-corrected chi connectivity index (χ2v) is 5.85. The van der Waals surface area contributed by atoms with Crippen molar-refractivity contribution in [1.82, 2.24) is 10.2 Å². The second-order valence-electron chi connectivity index (χ2n) is 5.85. The van der Waals surface area contributed by atoms with Crippen molar-refractivity contribution in [3.05, 3.63) is 60.2 Å². The van der Waals surface area contributed by atoms with Gasteiger partial charge in [0, 0.05) is 24.8 Å². The van der Waals surface area contributed by atoms with Crippen LogP contribution in [0, 0.1) is 6.92 Å². The van der Waals surface area contributed by atoms with E-state index in [9.17, 15) is 0 Å². The van der Waals surface area contributed by atoms with E-state index in [2.05, 4.69) is 58.2 Å². The molecule has 0 aliphatic heterocycles. The molecule has 1 heterocycles. The molecule has 3 rings (SSSR count). The number of nitrogens with one attached hydrogen (secondary N) is 1. The zero-order chi connectivity index (χ0) is 17.6. The Balaban J connectivity index is 1.77. The summed E-state index contributed by atoms with van der Waals surface area (Å²) in [7, 11) is 0. The van der Waals surface area contributed by atoms with Gasteiger partial charge in [-0.1, -0.05) is 30.3 Å². The molecule has 5 heteroatoms. The lowest BCUT2D eigenvalue weighted by atomic mass is 10.1. The molecule has 0 amide bonds. The van der Waals surface area contributed by atoms with E-state index in [-0.39, 0.29) is 0 Å². The predicted molar refractivity (Wildman–Crippen MR) is 103 cm³/mol. The molecule has 3 aromatic rings. The van der Waals surface area contributed by atoms with E-state index in [1.165, 1.54) is 5.69 Å².